The van der Waals surface area contributed by atoms with Crippen LogP contribution in [0.25, 0.3) is 0 Å². The summed E-state index contributed by atoms with van der Waals surface area (Å²) in [7, 11) is 0. The summed E-state index contributed by atoms with van der Waals surface area (Å²) in [5.41, 5.74) is 0. The van der Waals surface area contributed by atoms with Crippen LogP contribution < -0.4 is 5.32 Å². The molecule has 0 aromatic carbocycles. The summed E-state index contributed by atoms with van der Waals surface area (Å²) in [5, 5.41) is 3.30. The summed E-state index contributed by atoms with van der Waals surface area (Å²) in [4.78, 5) is 15.2. The van der Waals surface area contributed by atoms with Gasteiger partial charge in [-0.2, -0.15) is 0 Å². The second kappa shape index (κ2) is 6.65. The number of rotatable bonds is 4. The molecule has 3 nitrogen and oxygen atoms in total. The molecule has 20 heavy (non-hydrogen) atoms. The van der Waals surface area contributed by atoms with Crippen molar-refractivity contribution in [1.29, 1.82) is 0 Å². The highest BCUT2D eigenvalue weighted by atomic mass is 35.5. The fourth-order valence-corrected chi connectivity index (χ4v) is 3.63. The summed E-state index contributed by atoms with van der Waals surface area (Å²) >= 11 is 0. The molecular weight excluding hydrogens is 272 g/mol. The van der Waals surface area contributed by atoms with E-state index < -0.39 is 0 Å². The van der Waals surface area contributed by atoms with Gasteiger partial charge in [-0.15, -0.1) is 12.4 Å². The molecule has 1 atom stereocenters. The van der Waals surface area contributed by atoms with E-state index in [1.807, 2.05) is 0 Å². The SMILES string of the molecule is CC1CCC(N(C(=O)C(C)C2CNC2)C2CC2)CC1.Cl. The van der Waals surface area contributed by atoms with Gasteiger partial charge in [0.05, 0.1) is 0 Å². The highest BCUT2D eigenvalue weighted by Crippen LogP contribution is 2.37. The van der Waals surface area contributed by atoms with Crippen LogP contribution in [0, 0.1) is 17.8 Å². The molecule has 1 aliphatic heterocycles. The minimum absolute atomic E-state index is 0. The average molecular weight is 301 g/mol. The van der Waals surface area contributed by atoms with Gasteiger partial charge in [0.15, 0.2) is 0 Å². The molecule has 3 aliphatic rings. The molecule has 1 saturated heterocycles. The predicted octanol–water partition coefficient (Wildman–Crippen LogP) is 2.83. The van der Waals surface area contributed by atoms with Gasteiger partial charge in [-0.05, 0) is 63.5 Å². The van der Waals surface area contributed by atoms with Crippen molar-refractivity contribution in [2.24, 2.45) is 17.8 Å². The molecule has 0 aromatic rings. The first-order chi connectivity index (χ1) is 9.16. The Bertz CT molecular complexity index is 333. The van der Waals surface area contributed by atoms with Crippen molar-refractivity contribution in [3.05, 3.63) is 0 Å². The lowest BCUT2D eigenvalue weighted by atomic mass is 9.84. The maximum Gasteiger partial charge on any atom is 0.226 e. The predicted molar refractivity (Wildman–Crippen MR) is 84.1 cm³/mol. The van der Waals surface area contributed by atoms with Crippen LogP contribution in [0.3, 0.4) is 0 Å². The van der Waals surface area contributed by atoms with Gasteiger partial charge in [-0.3, -0.25) is 4.79 Å². The molecule has 1 amide bonds. The van der Waals surface area contributed by atoms with Gasteiger partial charge in [-0.25, -0.2) is 0 Å². The number of amides is 1. The van der Waals surface area contributed by atoms with Crippen LogP contribution in [0.5, 0.6) is 0 Å². The summed E-state index contributed by atoms with van der Waals surface area (Å²) in [6, 6.07) is 1.13. The molecule has 2 aliphatic carbocycles. The third-order valence-electron chi connectivity index (χ3n) is 5.48. The molecule has 0 aromatic heterocycles. The van der Waals surface area contributed by atoms with E-state index in [0.29, 0.717) is 23.9 Å². The van der Waals surface area contributed by atoms with Gasteiger partial charge in [0.2, 0.25) is 5.91 Å². The first-order valence-corrected chi connectivity index (χ1v) is 8.19. The van der Waals surface area contributed by atoms with Crippen molar-refractivity contribution in [2.75, 3.05) is 13.1 Å². The third kappa shape index (κ3) is 3.30. The topological polar surface area (TPSA) is 32.3 Å². The van der Waals surface area contributed by atoms with Crippen LogP contribution >= 0.6 is 12.4 Å². The fraction of sp³-hybridized carbons (Fsp3) is 0.938. The molecule has 2 saturated carbocycles. The maximum atomic E-state index is 12.8. The van der Waals surface area contributed by atoms with Crippen molar-refractivity contribution >= 4 is 18.3 Å². The number of nitrogens with zero attached hydrogens (tertiary/aromatic N) is 1. The minimum Gasteiger partial charge on any atom is -0.336 e. The lowest BCUT2D eigenvalue weighted by Crippen LogP contribution is -2.53. The molecule has 3 fully saturated rings. The number of carbonyl (C=O) groups excluding carboxylic acids is 1. The van der Waals surface area contributed by atoms with Crippen molar-refractivity contribution in [1.82, 2.24) is 10.2 Å². The number of carbonyl (C=O) groups is 1. The van der Waals surface area contributed by atoms with E-state index in [4.69, 9.17) is 0 Å². The van der Waals surface area contributed by atoms with Gasteiger partial charge < -0.3 is 10.2 Å². The summed E-state index contributed by atoms with van der Waals surface area (Å²) in [6.07, 6.45) is 7.57. The lowest BCUT2D eigenvalue weighted by Gasteiger charge is -2.40. The Morgan fingerprint density at radius 3 is 1.95 bits per heavy atom. The van der Waals surface area contributed by atoms with Gasteiger partial charge in [-0.1, -0.05) is 13.8 Å². The van der Waals surface area contributed by atoms with E-state index >= 15 is 0 Å². The van der Waals surface area contributed by atoms with Crippen molar-refractivity contribution in [3.63, 3.8) is 0 Å². The van der Waals surface area contributed by atoms with Crippen molar-refractivity contribution < 1.29 is 4.79 Å². The van der Waals surface area contributed by atoms with Crippen LogP contribution in [0.15, 0.2) is 0 Å². The molecule has 3 rings (SSSR count). The summed E-state index contributed by atoms with van der Waals surface area (Å²) < 4.78 is 0. The monoisotopic (exact) mass is 300 g/mol. The van der Waals surface area contributed by atoms with Crippen molar-refractivity contribution in [3.8, 4) is 0 Å². The Morgan fingerprint density at radius 1 is 1.05 bits per heavy atom. The largest absolute Gasteiger partial charge is 0.336 e. The number of nitrogens with one attached hydrogen (secondary N) is 1. The zero-order valence-corrected chi connectivity index (χ0v) is 13.6. The fourth-order valence-electron chi connectivity index (χ4n) is 3.63. The van der Waals surface area contributed by atoms with Crippen LogP contribution in [-0.2, 0) is 4.79 Å². The van der Waals surface area contributed by atoms with Gasteiger partial charge in [0.1, 0.15) is 0 Å². The summed E-state index contributed by atoms with van der Waals surface area (Å²) in [5.74, 6) is 2.12. The Kier molecular flexibility index (Phi) is 5.36. The van der Waals surface area contributed by atoms with Crippen LogP contribution in [-0.4, -0.2) is 36.0 Å². The molecule has 1 heterocycles. The van der Waals surface area contributed by atoms with Crippen molar-refractivity contribution in [2.45, 2.75) is 64.5 Å². The van der Waals surface area contributed by atoms with Gasteiger partial charge in [0, 0.05) is 18.0 Å². The molecule has 0 bridgehead atoms. The molecule has 1 unspecified atom stereocenters. The molecule has 0 radical (unpaired) electrons. The standard InChI is InChI=1S/C16H28N2O.ClH/c1-11-3-5-14(6-4-11)18(15-7-8-15)16(19)12(2)13-9-17-10-13;/h11-15,17H,3-10H2,1-2H3;1H. The van der Waals surface area contributed by atoms with Gasteiger partial charge >= 0.3 is 0 Å². The maximum absolute atomic E-state index is 12.8. The second-order valence-electron chi connectivity index (χ2n) is 7.10. The Morgan fingerprint density at radius 2 is 1.55 bits per heavy atom. The van der Waals surface area contributed by atoms with E-state index in [0.717, 1.165) is 19.0 Å². The molecule has 0 spiro atoms. The first-order valence-electron chi connectivity index (χ1n) is 8.19. The van der Waals surface area contributed by atoms with Gasteiger partial charge in [0.25, 0.3) is 0 Å². The summed E-state index contributed by atoms with van der Waals surface area (Å²) in [6.45, 7) is 6.57. The van der Waals surface area contributed by atoms with E-state index in [1.165, 1.54) is 38.5 Å². The lowest BCUT2D eigenvalue weighted by molar-refractivity contribution is -0.141. The van der Waals surface area contributed by atoms with E-state index in [-0.39, 0.29) is 18.3 Å². The zero-order valence-electron chi connectivity index (χ0n) is 12.8. The highest BCUT2D eigenvalue weighted by Gasteiger charge is 2.42. The highest BCUT2D eigenvalue weighted by molar-refractivity contribution is 5.85. The quantitative estimate of drug-likeness (QED) is 0.866. The third-order valence-corrected chi connectivity index (χ3v) is 5.48. The smallest absolute Gasteiger partial charge is 0.226 e. The molecule has 1 N–H and O–H groups in total. The first kappa shape index (κ1) is 16.1. The number of hydrogen-bond acceptors (Lipinski definition) is 2. The Hall–Kier alpha value is -0.280. The Balaban J connectivity index is 0.00000147. The normalized spacial score (nSPS) is 31.9. The molecule has 116 valence electrons. The van der Waals surface area contributed by atoms with E-state index in [9.17, 15) is 4.79 Å². The van der Waals surface area contributed by atoms with Crippen LogP contribution in [0.1, 0.15) is 52.4 Å². The minimum atomic E-state index is 0. The second-order valence-corrected chi connectivity index (χ2v) is 7.10. The molecular formula is C16H29ClN2O. The average Bonchev–Trinajstić information content (AvgIpc) is 3.14. The number of hydrogen-bond donors (Lipinski definition) is 1. The number of halogens is 1. The van der Waals surface area contributed by atoms with Crippen LogP contribution in [0.2, 0.25) is 0 Å². The molecule has 4 heteroatoms. The van der Waals surface area contributed by atoms with E-state index in [2.05, 4.69) is 24.1 Å². The van der Waals surface area contributed by atoms with E-state index in [1.54, 1.807) is 0 Å². The Labute approximate surface area is 129 Å². The zero-order chi connectivity index (χ0) is 13.4. The van der Waals surface area contributed by atoms with Crippen LogP contribution in [0.4, 0.5) is 0 Å².